The number of aryl methyl sites for hydroxylation is 2. The first-order valence-electron chi connectivity index (χ1n) is 10.5. The highest BCUT2D eigenvalue weighted by Crippen LogP contribution is 2.19. The molecule has 30 heavy (non-hydrogen) atoms. The fourth-order valence-electron chi connectivity index (χ4n) is 3.76. The normalized spacial score (nSPS) is 15.0. The summed E-state index contributed by atoms with van der Waals surface area (Å²) in [5, 5.41) is 3.05. The number of amides is 2. The van der Waals surface area contributed by atoms with E-state index < -0.39 is 0 Å². The first-order valence-corrected chi connectivity index (χ1v) is 10.5. The average Bonchev–Trinajstić information content (AvgIpc) is 2.73. The molecule has 3 rings (SSSR count). The lowest BCUT2D eigenvalue weighted by Crippen LogP contribution is -2.51. The third kappa shape index (κ3) is 6.15. The largest absolute Gasteiger partial charge is 0.340 e. The zero-order valence-corrected chi connectivity index (χ0v) is 18.2. The summed E-state index contributed by atoms with van der Waals surface area (Å²) in [7, 11) is 1.85. The summed E-state index contributed by atoms with van der Waals surface area (Å²) < 4.78 is 0. The Morgan fingerprint density at radius 2 is 1.43 bits per heavy atom. The van der Waals surface area contributed by atoms with E-state index in [1.807, 2.05) is 69.4 Å². The number of nitrogens with zero attached hydrogens (tertiary/aromatic N) is 3. The molecule has 0 aromatic heterocycles. The monoisotopic (exact) mass is 408 g/mol. The van der Waals surface area contributed by atoms with Crippen LogP contribution in [0.25, 0.3) is 0 Å². The van der Waals surface area contributed by atoms with Gasteiger partial charge < -0.3 is 10.2 Å². The molecule has 0 aliphatic carbocycles. The van der Waals surface area contributed by atoms with Crippen molar-refractivity contribution in [1.82, 2.24) is 14.7 Å². The number of rotatable bonds is 7. The lowest BCUT2D eigenvalue weighted by Gasteiger charge is -2.34. The van der Waals surface area contributed by atoms with Gasteiger partial charge in [-0.25, -0.2) is 0 Å². The van der Waals surface area contributed by atoms with E-state index in [1.165, 1.54) is 0 Å². The van der Waals surface area contributed by atoms with E-state index in [1.54, 1.807) is 4.90 Å². The molecule has 1 aliphatic rings. The van der Waals surface area contributed by atoms with Gasteiger partial charge in [-0.1, -0.05) is 48.5 Å². The minimum Gasteiger partial charge on any atom is -0.340 e. The molecular formula is C24H32N4O2. The maximum Gasteiger partial charge on any atom is 0.238 e. The molecule has 6 heteroatoms. The molecular weight excluding hydrogens is 376 g/mol. The number of anilines is 1. The van der Waals surface area contributed by atoms with E-state index in [-0.39, 0.29) is 11.8 Å². The van der Waals surface area contributed by atoms with Gasteiger partial charge in [-0.3, -0.25) is 19.4 Å². The number of piperazine rings is 1. The Balaban J connectivity index is 1.41. The van der Waals surface area contributed by atoms with Crippen molar-refractivity contribution in [3.05, 3.63) is 65.2 Å². The predicted octanol–water partition coefficient (Wildman–Crippen LogP) is 2.52. The van der Waals surface area contributed by atoms with Crippen molar-refractivity contribution in [1.29, 1.82) is 0 Å². The first-order chi connectivity index (χ1) is 14.4. The Labute approximate surface area is 179 Å². The van der Waals surface area contributed by atoms with Crippen LogP contribution in [0.4, 0.5) is 5.69 Å². The average molecular weight is 409 g/mol. The number of para-hydroxylation sites is 1. The molecule has 2 aromatic carbocycles. The van der Waals surface area contributed by atoms with E-state index >= 15 is 0 Å². The van der Waals surface area contributed by atoms with Crippen LogP contribution in [0.5, 0.6) is 0 Å². The number of carbonyl (C=O) groups is 2. The molecule has 2 amide bonds. The summed E-state index contributed by atoms with van der Waals surface area (Å²) in [6.07, 6.45) is 0. The SMILES string of the molecule is Cc1cccc(C)c1NC(=O)CN1CCN(CC(=O)N(C)Cc2ccccc2)CC1. The van der Waals surface area contributed by atoms with Crippen LogP contribution in [0.2, 0.25) is 0 Å². The summed E-state index contributed by atoms with van der Waals surface area (Å²) in [5.41, 5.74) is 4.19. The van der Waals surface area contributed by atoms with E-state index in [2.05, 4.69) is 15.1 Å². The third-order valence-electron chi connectivity index (χ3n) is 5.62. The van der Waals surface area contributed by atoms with Crippen molar-refractivity contribution in [3.8, 4) is 0 Å². The highest BCUT2D eigenvalue weighted by Gasteiger charge is 2.22. The van der Waals surface area contributed by atoms with E-state index in [0.717, 1.165) is 48.6 Å². The molecule has 1 heterocycles. The molecule has 1 N–H and O–H groups in total. The molecule has 0 unspecified atom stereocenters. The second kappa shape index (κ2) is 10.4. The number of likely N-dealkylation sites (N-methyl/N-ethyl adjacent to an activating group) is 1. The highest BCUT2D eigenvalue weighted by molar-refractivity contribution is 5.93. The van der Waals surface area contributed by atoms with Gasteiger partial charge in [-0.15, -0.1) is 0 Å². The van der Waals surface area contributed by atoms with Gasteiger partial charge in [-0.05, 0) is 30.5 Å². The predicted molar refractivity (Wildman–Crippen MR) is 120 cm³/mol. The van der Waals surface area contributed by atoms with Gasteiger partial charge in [0.2, 0.25) is 11.8 Å². The molecule has 1 fully saturated rings. The first kappa shape index (κ1) is 22.0. The van der Waals surface area contributed by atoms with E-state index in [4.69, 9.17) is 0 Å². The maximum absolute atomic E-state index is 12.5. The van der Waals surface area contributed by atoms with Crippen molar-refractivity contribution in [2.24, 2.45) is 0 Å². The van der Waals surface area contributed by atoms with Gasteiger partial charge in [0, 0.05) is 45.5 Å². The van der Waals surface area contributed by atoms with Crippen LogP contribution in [-0.4, -0.2) is 72.8 Å². The minimum absolute atomic E-state index is 0.0134. The van der Waals surface area contributed by atoms with Gasteiger partial charge >= 0.3 is 0 Å². The molecule has 0 radical (unpaired) electrons. The fraction of sp³-hybridized carbons (Fsp3) is 0.417. The molecule has 0 spiro atoms. The van der Waals surface area contributed by atoms with Crippen LogP contribution in [0, 0.1) is 13.8 Å². The van der Waals surface area contributed by atoms with Crippen LogP contribution in [0.15, 0.2) is 48.5 Å². The molecule has 1 saturated heterocycles. The minimum atomic E-state index is 0.0134. The van der Waals surface area contributed by atoms with Crippen LogP contribution in [0.3, 0.4) is 0 Å². The van der Waals surface area contributed by atoms with Crippen molar-refractivity contribution < 1.29 is 9.59 Å². The van der Waals surface area contributed by atoms with Gasteiger partial charge in [0.1, 0.15) is 0 Å². The molecule has 2 aromatic rings. The van der Waals surface area contributed by atoms with Gasteiger partial charge in [0.25, 0.3) is 0 Å². The Morgan fingerprint density at radius 1 is 0.867 bits per heavy atom. The number of benzene rings is 2. The molecule has 0 bridgehead atoms. The van der Waals surface area contributed by atoms with Crippen LogP contribution >= 0.6 is 0 Å². The van der Waals surface area contributed by atoms with E-state index in [0.29, 0.717) is 19.6 Å². The summed E-state index contributed by atoms with van der Waals surface area (Å²) in [6, 6.07) is 16.0. The second-order valence-corrected chi connectivity index (χ2v) is 8.10. The van der Waals surface area contributed by atoms with Crippen LogP contribution in [0.1, 0.15) is 16.7 Å². The summed E-state index contributed by atoms with van der Waals surface area (Å²) in [4.78, 5) is 31.1. The van der Waals surface area contributed by atoms with Gasteiger partial charge in [0.05, 0.1) is 13.1 Å². The summed E-state index contributed by atoms with van der Waals surface area (Å²) in [6.45, 7) is 8.60. The van der Waals surface area contributed by atoms with Gasteiger partial charge in [0.15, 0.2) is 0 Å². The lowest BCUT2D eigenvalue weighted by molar-refractivity contribution is -0.132. The summed E-state index contributed by atoms with van der Waals surface area (Å²) in [5.74, 6) is 0.139. The Morgan fingerprint density at radius 3 is 2.03 bits per heavy atom. The zero-order valence-electron chi connectivity index (χ0n) is 18.2. The molecule has 6 nitrogen and oxygen atoms in total. The smallest absolute Gasteiger partial charge is 0.238 e. The fourth-order valence-corrected chi connectivity index (χ4v) is 3.76. The van der Waals surface area contributed by atoms with Crippen molar-refractivity contribution >= 4 is 17.5 Å². The number of nitrogens with one attached hydrogen (secondary N) is 1. The lowest BCUT2D eigenvalue weighted by atomic mass is 10.1. The van der Waals surface area contributed by atoms with Crippen molar-refractivity contribution in [2.75, 3.05) is 51.6 Å². The highest BCUT2D eigenvalue weighted by atomic mass is 16.2. The van der Waals surface area contributed by atoms with Crippen LogP contribution in [-0.2, 0) is 16.1 Å². The number of hydrogen-bond acceptors (Lipinski definition) is 4. The van der Waals surface area contributed by atoms with Gasteiger partial charge in [-0.2, -0.15) is 0 Å². The number of hydrogen-bond donors (Lipinski definition) is 1. The molecule has 1 aliphatic heterocycles. The number of carbonyl (C=O) groups excluding carboxylic acids is 2. The Hall–Kier alpha value is -2.70. The van der Waals surface area contributed by atoms with Crippen molar-refractivity contribution in [3.63, 3.8) is 0 Å². The molecule has 160 valence electrons. The third-order valence-corrected chi connectivity index (χ3v) is 5.62. The van der Waals surface area contributed by atoms with Crippen molar-refractivity contribution in [2.45, 2.75) is 20.4 Å². The quantitative estimate of drug-likeness (QED) is 0.765. The Bertz CT molecular complexity index is 841. The maximum atomic E-state index is 12.5. The second-order valence-electron chi connectivity index (χ2n) is 8.10. The molecule has 0 atom stereocenters. The molecule has 0 saturated carbocycles. The standard InChI is InChI=1S/C24H32N4O2/c1-19-8-7-9-20(2)24(19)25-22(29)17-27-12-14-28(15-13-27)18-23(30)26(3)16-21-10-5-4-6-11-21/h4-11H,12-18H2,1-3H3,(H,25,29). The van der Waals surface area contributed by atoms with Crippen LogP contribution < -0.4 is 5.32 Å². The zero-order chi connectivity index (χ0) is 21.5. The van der Waals surface area contributed by atoms with E-state index in [9.17, 15) is 9.59 Å². The topological polar surface area (TPSA) is 55.9 Å². The Kier molecular flexibility index (Phi) is 7.60. The summed E-state index contributed by atoms with van der Waals surface area (Å²) >= 11 is 0.